The molecule has 56 heavy (non-hydrogen) atoms. The zero-order valence-corrected chi connectivity index (χ0v) is 40.7. The largest absolute Gasteiger partial charge is 3.00 e. The Morgan fingerprint density at radius 2 is 0.411 bits per heavy atom. The van der Waals surface area contributed by atoms with E-state index in [1.807, 2.05) is 0 Å². The Labute approximate surface area is 466 Å². The molecule has 0 saturated carbocycles. The van der Waals surface area contributed by atoms with Gasteiger partial charge in [-0.25, -0.2) is 0 Å². The molecule has 4 rings (SSSR count). The Bertz CT molecular complexity index is 1390. The van der Waals surface area contributed by atoms with Crippen molar-refractivity contribution in [2.75, 3.05) is 0 Å². The maximum absolute atomic E-state index is 10.1. The fourth-order valence-corrected chi connectivity index (χ4v) is 1.95. The molecule has 0 aliphatic carbocycles. The molecule has 0 N–H and O–H groups in total. The average Bonchev–Trinajstić information content (AvgIpc) is 3.06. The summed E-state index contributed by atoms with van der Waals surface area (Å²) in [4.78, 5) is 90.4. The van der Waals surface area contributed by atoms with Gasteiger partial charge in [0, 0.05) is 95.7 Å². The molecule has 0 spiro atoms. The first-order chi connectivity index (χ1) is 24.1. The second-order valence-electron chi connectivity index (χ2n) is 8.06. The molecule has 24 heteroatoms. The van der Waals surface area contributed by atoms with Crippen molar-refractivity contribution in [1.29, 1.82) is 0 Å². The SMILES string of the molecule is CC(=O)[O-].CC(=O)[O-].CC(=O)[O-].CC(=O)[O-].O=C([O-])c1ccncc1.O=C([O-])c1ccncc1.O=C([O-])c1ccncc1.O=C([O-])c1ccncc1.[K+].[K+].[Tb+3].[Tb+3]. The first kappa shape index (κ1) is 71.9. The summed E-state index contributed by atoms with van der Waals surface area (Å²) in [5, 5.41) is 75.8. The van der Waals surface area contributed by atoms with Crippen LogP contribution in [0.1, 0.15) is 69.1 Å². The molecule has 0 saturated heterocycles. The van der Waals surface area contributed by atoms with E-state index in [4.69, 9.17) is 39.6 Å². The number of carbonyl (C=O) groups is 8. The second-order valence-corrected chi connectivity index (χ2v) is 8.06. The summed E-state index contributed by atoms with van der Waals surface area (Å²) < 4.78 is 0. The Kier molecular flexibility index (Phi) is 63.3. The van der Waals surface area contributed by atoms with Gasteiger partial charge in [-0.1, -0.05) is 0 Å². The monoisotopic (exact) mass is 1120 g/mol. The summed E-state index contributed by atoms with van der Waals surface area (Å²) in [6, 6.07) is 11.1. The van der Waals surface area contributed by atoms with Crippen LogP contribution in [0.3, 0.4) is 0 Å². The first-order valence-corrected chi connectivity index (χ1v) is 13.3. The van der Waals surface area contributed by atoms with Crippen LogP contribution in [-0.2, 0) is 19.2 Å². The van der Waals surface area contributed by atoms with Crippen LogP contribution in [0.4, 0.5) is 0 Å². The van der Waals surface area contributed by atoms with Gasteiger partial charge in [-0.05, 0) is 76.2 Å². The van der Waals surface area contributed by atoms with Crippen LogP contribution in [0.25, 0.3) is 0 Å². The molecule has 0 fully saturated rings. The van der Waals surface area contributed by atoms with Gasteiger partial charge < -0.3 is 79.2 Å². The van der Waals surface area contributed by atoms with Gasteiger partial charge in [0.1, 0.15) is 0 Å². The Morgan fingerprint density at radius 1 is 0.321 bits per heavy atom. The fourth-order valence-electron chi connectivity index (χ4n) is 1.95. The van der Waals surface area contributed by atoms with Crippen LogP contribution in [0, 0.1) is 77.2 Å². The third kappa shape index (κ3) is 64.1. The topological polar surface area (TPSA) is 373 Å². The molecule has 292 valence electrons. The zero-order chi connectivity index (χ0) is 41.1. The van der Waals surface area contributed by atoms with E-state index in [1.165, 1.54) is 98.1 Å². The number of hydrogen-bond acceptors (Lipinski definition) is 20. The number of carboxylic acid groups (broad SMARTS) is 8. The third-order valence-electron chi connectivity index (χ3n) is 3.66. The van der Waals surface area contributed by atoms with Crippen LogP contribution in [0.15, 0.2) is 98.1 Å². The van der Waals surface area contributed by atoms with Crippen LogP contribution < -0.4 is 144 Å². The standard InChI is InChI=1S/4C6H5NO2.4C2H4O2.2K.2Tb/c4*8-6(9)5-1-3-7-4-2-5;4*1-2(3)4;;;;/h4*1-4H,(H,8,9);4*1H3,(H,3,4);;;;/q;;;;;;;;2*+1;2*+3/p-8. The number of nitrogens with zero attached hydrogens (tertiary/aromatic N) is 4. The molecule has 0 aliphatic heterocycles. The molecule has 4 aromatic heterocycles. The predicted octanol–water partition coefficient (Wildman–Crippen LogP) is -13.2. The molecular weight excluding hydrogens is 1090 g/mol. The van der Waals surface area contributed by atoms with Crippen molar-refractivity contribution in [2.24, 2.45) is 0 Å². The van der Waals surface area contributed by atoms with Crippen LogP contribution in [0.2, 0.25) is 0 Å². The van der Waals surface area contributed by atoms with E-state index in [0.717, 1.165) is 27.7 Å². The van der Waals surface area contributed by atoms with Gasteiger partial charge in [0.25, 0.3) is 0 Å². The van der Waals surface area contributed by atoms with Crippen molar-refractivity contribution in [2.45, 2.75) is 27.7 Å². The smallest absolute Gasteiger partial charge is 0.550 e. The van der Waals surface area contributed by atoms with E-state index in [0.29, 0.717) is 0 Å². The number of aromatic nitrogens is 4. The van der Waals surface area contributed by atoms with E-state index in [1.54, 1.807) is 0 Å². The van der Waals surface area contributed by atoms with Crippen molar-refractivity contribution in [3.63, 3.8) is 0 Å². The molecule has 0 bridgehead atoms. The summed E-state index contributed by atoms with van der Waals surface area (Å²) in [5.41, 5.74) is 0.630. The number of rotatable bonds is 4. The molecule has 4 aromatic rings. The van der Waals surface area contributed by atoms with E-state index in [9.17, 15) is 39.6 Å². The molecule has 0 amide bonds. The van der Waals surface area contributed by atoms with E-state index >= 15 is 0 Å². The number of aliphatic carboxylic acids is 4. The third-order valence-corrected chi connectivity index (χ3v) is 3.66. The number of carboxylic acids is 8. The Morgan fingerprint density at radius 3 is 0.464 bits per heavy atom. The van der Waals surface area contributed by atoms with Crippen LogP contribution >= 0.6 is 0 Å². The molecule has 0 radical (unpaired) electrons. The summed E-state index contributed by atoms with van der Waals surface area (Å²) in [6.07, 6.45) is 11.3. The molecular formula is C32H28K2N4O16Tb2. The van der Waals surface area contributed by atoms with Crippen molar-refractivity contribution in [3.05, 3.63) is 120 Å². The summed E-state index contributed by atoms with van der Waals surface area (Å²) in [6.45, 7) is 3.89. The normalized spacial score (nSPS) is 7.50. The van der Waals surface area contributed by atoms with Crippen molar-refractivity contribution < 1.29 is 259 Å². The van der Waals surface area contributed by atoms with Gasteiger partial charge in [0.2, 0.25) is 0 Å². The van der Waals surface area contributed by atoms with Crippen molar-refractivity contribution >= 4 is 47.8 Å². The van der Waals surface area contributed by atoms with Crippen molar-refractivity contribution in [3.8, 4) is 0 Å². The second kappa shape index (κ2) is 49.4. The molecule has 0 aromatic carbocycles. The minimum atomic E-state index is -1.17. The molecule has 0 aliphatic rings. The predicted molar refractivity (Wildman–Crippen MR) is 157 cm³/mol. The molecule has 0 unspecified atom stereocenters. The van der Waals surface area contributed by atoms with Crippen molar-refractivity contribution in [1.82, 2.24) is 19.9 Å². The fraction of sp³-hybridized carbons (Fsp3) is 0.125. The number of carbonyl (C=O) groups excluding carboxylic acids is 8. The van der Waals surface area contributed by atoms with E-state index in [-0.39, 0.29) is 202 Å². The van der Waals surface area contributed by atoms with Crippen LogP contribution in [-0.4, -0.2) is 67.7 Å². The maximum atomic E-state index is 10.1. The minimum Gasteiger partial charge on any atom is -0.550 e. The zero-order valence-electron chi connectivity index (χ0n) is 30.2. The van der Waals surface area contributed by atoms with E-state index in [2.05, 4.69) is 19.9 Å². The van der Waals surface area contributed by atoms with Gasteiger partial charge >= 0.3 is 180 Å². The van der Waals surface area contributed by atoms with Gasteiger partial charge in [-0.3, -0.25) is 19.9 Å². The summed E-state index contributed by atoms with van der Waals surface area (Å²) >= 11 is 0. The quantitative estimate of drug-likeness (QED) is 0.171. The number of pyridine rings is 4. The number of aromatic carboxylic acids is 4. The first-order valence-electron chi connectivity index (χ1n) is 13.3. The van der Waals surface area contributed by atoms with Gasteiger partial charge in [-0.2, -0.15) is 0 Å². The van der Waals surface area contributed by atoms with Crippen LogP contribution in [0.5, 0.6) is 0 Å². The molecule has 20 nitrogen and oxygen atoms in total. The molecule has 0 atom stereocenters. The van der Waals surface area contributed by atoms with Gasteiger partial charge in [0.15, 0.2) is 0 Å². The maximum Gasteiger partial charge on any atom is 3.00 e. The Balaban J connectivity index is -0.0000000797. The summed E-state index contributed by atoms with van der Waals surface area (Å²) in [7, 11) is 0. The van der Waals surface area contributed by atoms with Gasteiger partial charge in [0.05, 0.1) is 23.9 Å². The summed E-state index contributed by atoms with van der Waals surface area (Å²) in [5.74, 6) is -9.01. The number of hydrogen-bond donors (Lipinski definition) is 0. The minimum absolute atomic E-state index is 0. The van der Waals surface area contributed by atoms with Gasteiger partial charge in [-0.15, -0.1) is 0 Å². The Hall–Kier alpha value is -1.80. The molecule has 4 heterocycles. The van der Waals surface area contributed by atoms with E-state index < -0.39 is 47.8 Å². The average molecular weight is 1120 g/mol.